The van der Waals surface area contributed by atoms with E-state index in [2.05, 4.69) is 20.9 Å². The first-order valence-electron chi connectivity index (χ1n) is 15.6. The third-order valence-corrected chi connectivity index (χ3v) is 8.45. The molecular weight excluding hydrogens is 612 g/mol. The fourth-order valence-electron chi connectivity index (χ4n) is 6.10. The van der Waals surface area contributed by atoms with E-state index in [1.807, 2.05) is 60.7 Å². The van der Waals surface area contributed by atoms with Gasteiger partial charge in [-0.15, -0.1) is 0 Å². The van der Waals surface area contributed by atoms with Gasteiger partial charge in [0.05, 0.1) is 23.4 Å². The van der Waals surface area contributed by atoms with Gasteiger partial charge in [0.1, 0.15) is 23.4 Å². The zero-order valence-electron chi connectivity index (χ0n) is 25.6. The number of aromatic nitrogens is 2. The number of para-hydroxylation sites is 1. The van der Waals surface area contributed by atoms with Gasteiger partial charge in [-0.2, -0.15) is 0 Å². The average molecular weight is 643 g/mol. The van der Waals surface area contributed by atoms with Crippen molar-refractivity contribution in [3.63, 3.8) is 0 Å². The quantitative estimate of drug-likeness (QED) is 0.191. The number of anilines is 1. The number of carbonyl (C=O) groups excluding carboxylic acids is 5. The Bertz CT molecular complexity index is 2040. The molecule has 5 amide bonds. The molecule has 12 heteroatoms. The second-order valence-electron chi connectivity index (χ2n) is 11.6. The molecule has 2 aliphatic rings. The average Bonchev–Trinajstić information content (AvgIpc) is 3.64. The topological polar surface area (TPSA) is 164 Å². The SMILES string of the molecule is O=C1CCC(N2C(=O)c3cccc(NCc4cccc(CCC(=O)NC(c5cccnc5)c5cc6ccccc6o5)n4)c3C2=O)C(=O)N1. The van der Waals surface area contributed by atoms with Gasteiger partial charge in [-0.05, 0) is 55.3 Å². The second kappa shape index (κ2) is 12.9. The molecule has 0 radical (unpaired) electrons. The summed E-state index contributed by atoms with van der Waals surface area (Å²) in [6.45, 7) is 0.242. The van der Waals surface area contributed by atoms with Crippen LogP contribution in [0.2, 0.25) is 0 Å². The molecule has 3 N–H and O–H groups in total. The summed E-state index contributed by atoms with van der Waals surface area (Å²) < 4.78 is 6.08. The van der Waals surface area contributed by atoms with Gasteiger partial charge in [0, 0.05) is 47.6 Å². The molecule has 48 heavy (non-hydrogen) atoms. The van der Waals surface area contributed by atoms with E-state index in [9.17, 15) is 24.0 Å². The molecule has 1 fully saturated rings. The first kappa shape index (κ1) is 30.5. The number of aryl methyl sites for hydroxylation is 1. The predicted octanol–water partition coefficient (Wildman–Crippen LogP) is 4.07. The van der Waals surface area contributed by atoms with E-state index in [0.717, 1.165) is 21.4 Å². The Morgan fingerprint density at radius 2 is 1.79 bits per heavy atom. The Morgan fingerprint density at radius 1 is 0.958 bits per heavy atom. The molecule has 2 aromatic carbocycles. The van der Waals surface area contributed by atoms with Gasteiger partial charge in [-0.25, -0.2) is 0 Å². The van der Waals surface area contributed by atoms with Gasteiger partial charge >= 0.3 is 0 Å². The number of nitrogens with one attached hydrogen (secondary N) is 3. The van der Waals surface area contributed by atoms with Crippen molar-refractivity contribution in [2.75, 3.05) is 5.32 Å². The van der Waals surface area contributed by atoms with E-state index in [4.69, 9.17) is 9.40 Å². The molecule has 2 aliphatic heterocycles. The highest BCUT2D eigenvalue weighted by atomic mass is 16.3. The van der Waals surface area contributed by atoms with Crippen molar-refractivity contribution >= 4 is 46.2 Å². The fourth-order valence-corrected chi connectivity index (χ4v) is 6.10. The van der Waals surface area contributed by atoms with Crippen LogP contribution in [0.5, 0.6) is 0 Å². The number of imide groups is 2. The summed E-state index contributed by atoms with van der Waals surface area (Å²) in [5.74, 6) is -1.82. The zero-order valence-corrected chi connectivity index (χ0v) is 25.6. The van der Waals surface area contributed by atoms with Crippen LogP contribution in [-0.2, 0) is 27.3 Å². The van der Waals surface area contributed by atoms with Crippen molar-refractivity contribution in [3.05, 3.63) is 125 Å². The normalized spacial score (nSPS) is 16.5. The molecule has 12 nitrogen and oxygen atoms in total. The van der Waals surface area contributed by atoms with Crippen LogP contribution in [0.15, 0.2) is 95.7 Å². The molecule has 5 heterocycles. The molecular formula is C36H30N6O6. The largest absolute Gasteiger partial charge is 0.459 e. The molecule has 7 rings (SSSR count). The summed E-state index contributed by atoms with van der Waals surface area (Å²) in [5.41, 5.74) is 3.69. The minimum atomic E-state index is -1.04. The number of hydrogen-bond acceptors (Lipinski definition) is 9. The summed E-state index contributed by atoms with van der Waals surface area (Å²) in [4.78, 5) is 73.7. The van der Waals surface area contributed by atoms with Crippen molar-refractivity contribution in [2.45, 2.75) is 44.3 Å². The molecule has 0 saturated carbocycles. The number of rotatable bonds is 10. The Kier molecular flexibility index (Phi) is 8.20. The van der Waals surface area contributed by atoms with Gasteiger partial charge in [0.2, 0.25) is 17.7 Å². The van der Waals surface area contributed by atoms with E-state index in [0.29, 0.717) is 29.3 Å². The van der Waals surface area contributed by atoms with Crippen LogP contribution in [0.3, 0.4) is 0 Å². The standard InChI is InChI=1S/C36H30N6O6/c43-30(40-33(22-7-5-17-37-19-22)29-18-21-6-1-2-12-28(21)48-29)15-13-23-8-3-9-24(39-23)20-38-26-11-4-10-25-32(26)36(47)42(35(25)46)27-14-16-31(44)41-34(27)45/h1-12,17-19,27,33,38H,13-16,20H2,(H,40,43)(H,41,44,45). The highest BCUT2D eigenvalue weighted by molar-refractivity contribution is 6.25. The summed E-state index contributed by atoms with van der Waals surface area (Å²) in [5, 5.41) is 9.44. The minimum absolute atomic E-state index is 0.0466. The lowest BCUT2D eigenvalue weighted by molar-refractivity contribution is -0.136. The molecule has 0 bridgehead atoms. The summed E-state index contributed by atoms with van der Waals surface area (Å²) >= 11 is 0. The monoisotopic (exact) mass is 642 g/mol. The lowest BCUT2D eigenvalue weighted by Gasteiger charge is -2.27. The zero-order chi connectivity index (χ0) is 33.2. The van der Waals surface area contributed by atoms with Gasteiger partial charge in [-0.1, -0.05) is 36.4 Å². The highest BCUT2D eigenvalue weighted by Crippen LogP contribution is 2.33. The van der Waals surface area contributed by atoms with Crippen LogP contribution in [-0.4, -0.2) is 50.4 Å². The molecule has 5 aromatic rings. The Hall–Kier alpha value is -6.17. The van der Waals surface area contributed by atoms with E-state index >= 15 is 0 Å². The number of carbonyl (C=O) groups is 5. The van der Waals surface area contributed by atoms with Crippen LogP contribution < -0.4 is 16.0 Å². The minimum Gasteiger partial charge on any atom is -0.459 e. The van der Waals surface area contributed by atoms with Crippen molar-refractivity contribution in [3.8, 4) is 0 Å². The predicted molar refractivity (Wildman–Crippen MR) is 173 cm³/mol. The van der Waals surface area contributed by atoms with E-state index in [-0.39, 0.29) is 42.8 Å². The number of nitrogens with zero attached hydrogens (tertiary/aromatic N) is 3. The van der Waals surface area contributed by atoms with E-state index in [1.54, 1.807) is 30.6 Å². The van der Waals surface area contributed by atoms with Crippen molar-refractivity contribution in [1.29, 1.82) is 0 Å². The van der Waals surface area contributed by atoms with Crippen LogP contribution in [0.1, 0.15) is 68.7 Å². The van der Waals surface area contributed by atoms with Crippen LogP contribution in [0, 0.1) is 0 Å². The molecule has 1 saturated heterocycles. The lowest BCUT2D eigenvalue weighted by Crippen LogP contribution is -2.54. The fraction of sp³-hybridized carbons (Fsp3) is 0.194. The Labute approximate surface area is 274 Å². The van der Waals surface area contributed by atoms with Crippen molar-refractivity contribution in [1.82, 2.24) is 25.5 Å². The van der Waals surface area contributed by atoms with Gasteiger partial charge < -0.3 is 15.1 Å². The summed E-state index contributed by atoms with van der Waals surface area (Å²) in [6, 6.07) is 22.1. The van der Waals surface area contributed by atoms with E-state index in [1.165, 1.54) is 0 Å². The third kappa shape index (κ3) is 6.03. The first-order chi connectivity index (χ1) is 23.4. The van der Waals surface area contributed by atoms with Crippen LogP contribution in [0.25, 0.3) is 11.0 Å². The maximum Gasteiger partial charge on any atom is 0.264 e. The highest BCUT2D eigenvalue weighted by Gasteiger charge is 2.45. The molecule has 2 unspecified atom stereocenters. The molecule has 0 aliphatic carbocycles. The van der Waals surface area contributed by atoms with Crippen molar-refractivity contribution in [2.24, 2.45) is 0 Å². The number of benzene rings is 2. The molecule has 3 aromatic heterocycles. The number of furan rings is 1. The second-order valence-corrected chi connectivity index (χ2v) is 11.6. The van der Waals surface area contributed by atoms with Gasteiger partial charge in [0.25, 0.3) is 11.8 Å². The molecule has 2 atom stereocenters. The Balaban J connectivity index is 1.01. The molecule has 240 valence electrons. The molecule has 0 spiro atoms. The smallest absolute Gasteiger partial charge is 0.264 e. The first-order valence-corrected chi connectivity index (χ1v) is 15.6. The summed E-state index contributed by atoms with van der Waals surface area (Å²) in [7, 11) is 0. The maximum atomic E-state index is 13.4. The number of piperidine rings is 1. The number of pyridine rings is 2. The lowest BCUT2D eigenvalue weighted by atomic mass is 10.0. The number of hydrogen-bond donors (Lipinski definition) is 3. The van der Waals surface area contributed by atoms with E-state index < -0.39 is 35.7 Å². The number of fused-ring (bicyclic) bond motifs is 2. The van der Waals surface area contributed by atoms with Gasteiger partial charge in [-0.3, -0.25) is 44.2 Å². The maximum absolute atomic E-state index is 13.4. The summed E-state index contributed by atoms with van der Waals surface area (Å²) in [6.07, 6.45) is 4.07. The third-order valence-electron chi connectivity index (χ3n) is 8.45. The van der Waals surface area contributed by atoms with Gasteiger partial charge in [0.15, 0.2) is 0 Å². The van der Waals surface area contributed by atoms with Crippen LogP contribution >= 0.6 is 0 Å². The van der Waals surface area contributed by atoms with Crippen molar-refractivity contribution < 1.29 is 28.4 Å². The van der Waals surface area contributed by atoms with Crippen LogP contribution in [0.4, 0.5) is 5.69 Å². The number of amides is 5. The Morgan fingerprint density at radius 3 is 2.60 bits per heavy atom.